The van der Waals surface area contributed by atoms with Crippen molar-refractivity contribution in [3.63, 3.8) is 0 Å². The monoisotopic (exact) mass is 428 g/mol. The van der Waals surface area contributed by atoms with E-state index in [-0.39, 0.29) is 17.2 Å². The Kier molecular flexibility index (Phi) is 10.2. The molecule has 168 valence electrons. The summed E-state index contributed by atoms with van der Waals surface area (Å²) in [5.41, 5.74) is 2.35. The number of phenolic OH excluding ortho intramolecular Hbond substituents is 1. The van der Waals surface area contributed by atoms with Crippen LogP contribution in [-0.4, -0.2) is 56.9 Å². The predicted molar refractivity (Wildman–Crippen MR) is 122 cm³/mol. The smallest absolute Gasteiger partial charge is 0.255 e. The highest BCUT2D eigenvalue weighted by Gasteiger charge is 2.09. The molecule has 2 aromatic carbocycles. The van der Waals surface area contributed by atoms with Crippen LogP contribution < -0.4 is 20.7 Å². The summed E-state index contributed by atoms with van der Waals surface area (Å²) in [6, 6.07) is 12.5. The van der Waals surface area contributed by atoms with Crippen molar-refractivity contribution in [2.45, 2.75) is 20.4 Å². The molecule has 4 N–H and O–H groups in total. The molecule has 0 atom stereocenters. The number of hydrogen-bond acceptors (Lipinski definition) is 5. The quantitative estimate of drug-likeness (QED) is 0.249. The maximum absolute atomic E-state index is 12.2. The number of ether oxygens (including phenoxy) is 2. The minimum Gasteiger partial charge on any atom is -0.507 e. The molecular formula is C23H32N4O4. The van der Waals surface area contributed by atoms with Crippen LogP contribution in [0.15, 0.2) is 47.5 Å². The van der Waals surface area contributed by atoms with E-state index in [0.29, 0.717) is 45.4 Å². The lowest BCUT2D eigenvalue weighted by molar-refractivity contribution is 0.0951. The van der Waals surface area contributed by atoms with E-state index in [2.05, 4.69) is 20.9 Å². The summed E-state index contributed by atoms with van der Waals surface area (Å²) >= 11 is 0. The molecule has 2 aromatic rings. The first-order chi connectivity index (χ1) is 15.0. The number of benzene rings is 2. The van der Waals surface area contributed by atoms with Gasteiger partial charge in [0.2, 0.25) is 0 Å². The minimum absolute atomic E-state index is 0.0375. The highest BCUT2D eigenvalue weighted by atomic mass is 16.5. The Morgan fingerprint density at radius 1 is 1.06 bits per heavy atom. The van der Waals surface area contributed by atoms with Crippen LogP contribution in [-0.2, 0) is 11.3 Å². The lowest BCUT2D eigenvalue weighted by Crippen LogP contribution is -2.41. The van der Waals surface area contributed by atoms with Gasteiger partial charge >= 0.3 is 0 Å². The van der Waals surface area contributed by atoms with Crippen molar-refractivity contribution in [1.82, 2.24) is 16.0 Å². The molecule has 0 aliphatic heterocycles. The SMILES string of the molecule is CCNC(=NCc1ccc(C)cc1OCCOC)NCCNC(=O)c1ccccc1O. The van der Waals surface area contributed by atoms with Gasteiger partial charge in [-0.25, -0.2) is 4.99 Å². The first kappa shape index (κ1) is 24.0. The maximum Gasteiger partial charge on any atom is 0.255 e. The van der Waals surface area contributed by atoms with Crippen LogP contribution in [0.1, 0.15) is 28.4 Å². The third kappa shape index (κ3) is 8.18. The summed E-state index contributed by atoms with van der Waals surface area (Å²) < 4.78 is 10.9. The van der Waals surface area contributed by atoms with E-state index in [4.69, 9.17) is 9.47 Å². The molecule has 0 saturated heterocycles. The molecule has 0 saturated carbocycles. The Bertz CT molecular complexity index is 870. The van der Waals surface area contributed by atoms with Crippen LogP contribution in [0.2, 0.25) is 0 Å². The van der Waals surface area contributed by atoms with Crippen molar-refractivity contribution in [2.75, 3.05) is 40.0 Å². The maximum atomic E-state index is 12.2. The fraction of sp³-hybridized carbons (Fsp3) is 0.391. The lowest BCUT2D eigenvalue weighted by Gasteiger charge is -2.14. The summed E-state index contributed by atoms with van der Waals surface area (Å²) in [4.78, 5) is 16.8. The summed E-state index contributed by atoms with van der Waals surface area (Å²) in [6.07, 6.45) is 0. The average Bonchev–Trinajstić information content (AvgIpc) is 2.76. The molecule has 0 radical (unpaired) electrons. The van der Waals surface area contributed by atoms with Crippen molar-refractivity contribution >= 4 is 11.9 Å². The number of carbonyl (C=O) groups is 1. The first-order valence-corrected chi connectivity index (χ1v) is 10.3. The van der Waals surface area contributed by atoms with Gasteiger partial charge in [0.05, 0.1) is 18.7 Å². The minimum atomic E-state index is -0.320. The zero-order chi connectivity index (χ0) is 22.5. The van der Waals surface area contributed by atoms with Gasteiger partial charge in [-0.2, -0.15) is 0 Å². The predicted octanol–water partition coefficient (Wildman–Crippen LogP) is 2.21. The number of amides is 1. The number of rotatable bonds is 11. The Hall–Kier alpha value is -3.26. The highest BCUT2D eigenvalue weighted by Crippen LogP contribution is 2.21. The number of nitrogens with zero attached hydrogens (tertiary/aromatic N) is 1. The molecule has 0 bridgehead atoms. The summed E-state index contributed by atoms with van der Waals surface area (Å²) in [6.45, 7) is 7.03. The van der Waals surface area contributed by atoms with Gasteiger partial charge in [-0.1, -0.05) is 24.3 Å². The van der Waals surface area contributed by atoms with Gasteiger partial charge in [0, 0.05) is 32.3 Å². The number of aliphatic imine (C=N–C) groups is 1. The molecule has 0 aliphatic rings. The normalized spacial score (nSPS) is 11.1. The second-order valence-electron chi connectivity index (χ2n) is 6.85. The molecule has 31 heavy (non-hydrogen) atoms. The zero-order valence-corrected chi connectivity index (χ0v) is 18.4. The largest absolute Gasteiger partial charge is 0.507 e. The topological polar surface area (TPSA) is 104 Å². The van der Waals surface area contributed by atoms with Gasteiger partial charge in [-0.05, 0) is 37.6 Å². The molecule has 8 heteroatoms. The van der Waals surface area contributed by atoms with Crippen molar-refractivity contribution in [3.05, 3.63) is 59.2 Å². The number of aromatic hydroxyl groups is 1. The van der Waals surface area contributed by atoms with E-state index in [0.717, 1.165) is 16.9 Å². The average molecular weight is 429 g/mol. The molecule has 1 amide bonds. The second-order valence-corrected chi connectivity index (χ2v) is 6.85. The molecule has 0 aliphatic carbocycles. The van der Waals surface area contributed by atoms with Crippen molar-refractivity contribution in [1.29, 1.82) is 0 Å². The summed E-state index contributed by atoms with van der Waals surface area (Å²) in [7, 11) is 1.64. The number of hydrogen-bond donors (Lipinski definition) is 4. The Balaban J connectivity index is 1.90. The molecular weight excluding hydrogens is 396 g/mol. The number of methoxy groups -OCH3 is 1. The number of nitrogens with one attached hydrogen (secondary N) is 3. The standard InChI is InChI=1S/C23H32N4O4/c1-4-24-23(26-12-11-25-22(29)19-7-5-6-8-20(19)28)27-16-18-10-9-17(2)15-21(18)31-14-13-30-3/h5-10,15,28H,4,11-14,16H2,1-3H3,(H,25,29)(H2,24,26,27). The second kappa shape index (κ2) is 13.1. The number of guanidine groups is 1. The fourth-order valence-electron chi connectivity index (χ4n) is 2.79. The van der Waals surface area contributed by atoms with E-state index < -0.39 is 0 Å². The number of phenols is 1. The molecule has 8 nitrogen and oxygen atoms in total. The van der Waals surface area contributed by atoms with E-state index in [1.165, 1.54) is 6.07 Å². The van der Waals surface area contributed by atoms with Crippen LogP contribution >= 0.6 is 0 Å². The number of carbonyl (C=O) groups excluding carboxylic acids is 1. The lowest BCUT2D eigenvalue weighted by atomic mass is 10.1. The first-order valence-electron chi connectivity index (χ1n) is 10.3. The number of aryl methyl sites for hydroxylation is 1. The molecule has 0 aromatic heterocycles. The zero-order valence-electron chi connectivity index (χ0n) is 18.4. The van der Waals surface area contributed by atoms with Gasteiger partial charge in [0.1, 0.15) is 18.1 Å². The van der Waals surface area contributed by atoms with Gasteiger partial charge < -0.3 is 30.5 Å². The molecule has 0 heterocycles. The molecule has 0 fully saturated rings. The van der Waals surface area contributed by atoms with Crippen LogP contribution in [0.25, 0.3) is 0 Å². The van der Waals surface area contributed by atoms with Crippen molar-refractivity contribution in [2.24, 2.45) is 4.99 Å². The van der Waals surface area contributed by atoms with Gasteiger partial charge in [0.25, 0.3) is 5.91 Å². The third-order valence-electron chi connectivity index (χ3n) is 4.37. The third-order valence-corrected chi connectivity index (χ3v) is 4.37. The van der Waals surface area contributed by atoms with Crippen LogP contribution in [0.5, 0.6) is 11.5 Å². The fourth-order valence-corrected chi connectivity index (χ4v) is 2.79. The molecule has 0 unspecified atom stereocenters. The Morgan fingerprint density at radius 2 is 1.84 bits per heavy atom. The van der Waals surface area contributed by atoms with Crippen LogP contribution in [0.4, 0.5) is 0 Å². The van der Waals surface area contributed by atoms with E-state index >= 15 is 0 Å². The molecule has 2 rings (SSSR count). The highest BCUT2D eigenvalue weighted by molar-refractivity contribution is 5.96. The Morgan fingerprint density at radius 3 is 2.58 bits per heavy atom. The Labute approximate surface area is 183 Å². The summed E-state index contributed by atoms with van der Waals surface area (Å²) in [5, 5.41) is 18.9. The summed E-state index contributed by atoms with van der Waals surface area (Å²) in [5.74, 6) is 1.08. The van der Waals surface area contributed by atoms with E-state index in [1.807, 2.05) is 32.0 Å². The van der Waals surface area contributed by atoms with E-state index in [9.17, 15) is 9.90 Å². The van der Waals surface area contributed by atoms with E-state index in [1.54, 1.807) is 25.3 Å². The number of para-hydroxylation sites is 1. The van der Waals surface area contributed by atoms with Gasteiger partial charge in [-0.15, -0.1) is 0 Å². The molecule has 0 spiro atoms. The van der Waals surface area contributed by atoms with Crippen molar-refractivity contribution in [3.8, 4) is 11.5 Å². The van der Waals surface area contributed by atoms with Gasteiger partial charge in [-0.3, -0.25) is 4.79 Å². The van der Waals surface area contributed by atoms with Gasteiger partial charge in [0.15, 0.2) is 5.96 Å². The van der Waals surface area contributed by atoms with Crippen molar-refractivity contribution < 1.29 is 19.4 Å². The van der Waals surface area contributed by atoms with Crippen LogP contribution in [0.3, 0.4) is 0 Å². The van der Waals surface area contributed by atoms with Crippen LogP contribution in [0, 0.1) is 6.92 Å².